The van der Waals surface area contributed by atoms with Crippen LogP contribution >= 0.6 is 0 Å². The molecular formula is C22H32. The van der Waals surface area contributed by atoms with Gasteiger partial charge >= 0.3 is 0 Å². The largest absolute Gasteiger partial charge is 0.0654 e. The van der Waals surface area contributed by atoms with E-state index in [0.717, 1.165) is 0 Å². The lowest BCUT2D eigenvalue weighted by Crippen LogP contribution is -1.84. The van der Waals surface area contributed by atoms with Crippen LogP contribution in [0.25, 0.3) is 0 Å². The Balaban J connectivity index is 0.000000220. The van der Waals surface area contributed by atoms with Crippen molar-refractivity contribution < 1.29 is 0 Å². The van der Waals surface area contributed by atoms with Gasteiger partial charge in [0.2, 0.25) is 0 Å². The maximum absolute atomic E-state index is 2.27. The molecule has 0 saturated carbocycles. The van der Waals surface area contributed by atoms with Crippen LogP contribution in [0.2, 0.25) is 0 Å². The smallest absolute Gasteiger partial charge is 0.0279 e. The van der Waals surface area contributed by atoms with Crippen molar-refractivity contribution in [3.63, 3.8) is 0 Å². The van der Waals surface area contributed by atoms with Gasteiger partial charge < -0.3 is 0 Å². The second-order valence-electron chi connectivity index (χ2n) is 6.19. The third-order valence-corrected chi connectivity index (χ3v) is 3.80. The van der Waals surface area contributed by atoms with Crippen molar-refractivity contribution in [2.45, 2.75) is 66.2 Å². The molecule has 2 rings (SSSR count). The average Bonchev–Trinajstić information content (AvgIpc) is 2.52. The van der Waals surface area contributed by atoms with Gasteiger partial charge in [-0.1, -0.05) is 86.3 Å². The highest BCUT2D eigenvalue weighted by Gasteiger charge is 1.91. The molecule has 0 fully saturated rings. The molecule has 0 aliphatic heterocycles. The Kier molecular flexibility index (Phi) is 9.30. The van der Waals surface area contributed by atoms with Gasteiger partial charge in [-0.3, -0.25) is 0 Å². The van der Waals surface area contributed by atoms with Crippen LogP contribution in [-0.2, 0) is 12.8 Å². The lowest BCUT2D eigenvalue weighted by atomic mass is 10.1. The van der Waals surface area contributed by atoms with Gasteiger partial charge in [0.05, 0.1) is 0 Å². The second kappa shape index (κ2) is 11.1. The third kappa shape index (κ3) is 8.02. The van der Waals surface area contributed by atoms with Crippen LogP contribution in [0, 0.1) is 13.8 Å². The molecule has 0 bridgehead atoms. The predicted molar refractivity (Wildman–Crippen MR) is 99.6 cm³/mol. The Morgan fingerprint density at radius 1 is 0.636 bits per heavy atom. The standard InChI is InChI=1S/2C11H16/c2*1-3-4-7-11-8-5-6-10(2)9-11/h2*5-6,8-9H,3-4,7H2,1-2H3. The summed E-state index contributed by atoms with van der Waals surface area (Å²) in [6, 6.07) is 17.5. The molecule has 2 aromatic rings. The maximum Gasteiger partial charge on any atom is -0.0279 e. The molecule has 0 N–H and O–H groups in total. The molecule has 0 spiro atoms. The number of benzene rings is 2. The van der Waals surface area contributed by atoms with Gasteiger partial charge in [0.15, 0.2) is 0 Å². The average molecular weight is 296 g/mol. The molecule has 0 amide bonds. The highest BCUT2D eigenvalue weighted by Crippen LogP contribution is 2.08. The van der Waals surface area contributed by atoms with Gasteiger partial charge in [-0.05, 0) is 50.7 Å². The summed E-state index contributed by atoms with van der Waals surface area (Å²) in [5.74, 6) is 0. The van der Waals surface area contributed by atoms with Gasteiger partial charge in [0.25, 0.3) is 0 Å². The quantitative estimate of drug-likeness (QED) is 0.558. The summed E-state index contributed by atoms with van der Waals surface area (Å²) < 4.78 is 0. The Bertz CT molecular complexity index is 476. The van der Waals surface area contributed by atoms with Crippen LogP contribution in [0.3, 0.4) is 0 Å². The normalized spacial score (nSPS) is 10.0. The Labute approximate surface area is 137 Å². The lowest BCUT2D eigenvalue weighted by molar-refractivity contribution is 0.794. The molecule has 0 unspecified atom stereocenters. The fraction of sp³-hybridized carbons (Fsp3) is 0.455. The van der Waals surface area contributed by atoms with E-state index in [-0.39, 0.29) is 0 Å². The summed E-state index contributed by atoms with van der Waals surface area (Å²) in [5.41, 5.74) is 5.70. The van der Waals surface area contributed by atoms with E-state index in [9.17, 15) is 0 Å². The number of hydrogen-bond donors (Lipinski definition) is 0. The minimum absolute atomic E-state index is 1.23. The van der Waals surface area contributed by atoms with E-state index in [1.54, 1.807) is 0 Å². The second-order valence-corrected chi connectivity index (χ2v) is 6.19. The molecule has 0 radical (unpaired) electrons. The SMILES string of the molecule is CCCCc1cccc(C)c1.CCCCc1cccc(C)c1. The van der Waals surface area contributed by atoms with Crippen LogP contribution in [0.15, 0.2) is 48.5 Å². The van der Waals surface area contributed by atoms with E-state index < -0.39 is 0 Å². The van der Waals surface area contributed by atoms with Gasteiger partial charge in [-0.15, -0.1) is 0 Å². The Morgan fingerprint density at radius 2 is 1.05 bits per heavy atom. The number of aryl methyl sites for hydroxylation is 4. The van der Waals surface area contributed by atoms with Crippen LogP contribution < -0.4 is 0 Å². The first kappa shape index (κ1) is 18.5. The monoisotopic (exact) mass is 296 g/mol. The summed E-state index contributed by atoms with van der Waals surface area (Å²) in [6.07, 6.45) is 7.66. The van der Waals surface area contributed by atoms with E-state index >= 15 is 0 Å². The van der Waals surface area contributed by atoms with E-state index in [0.29, 0.717) is 0 Å². The summed E-state index contributed by atoms with van der Waals surface area (Å²) in [4.78, 5) is 0. The fourth-order valence-corrected chi connectivity index (χ4v) is 2.50. The molecule has 0 nitrogen and oxygen atoms in total. The molecule has 0 atom stereocenters. The Morgan fingerprint density at radius 3 is 1.36 bits per heavy atom. The topological polar surface area (TPSA) is 0 Å². The molecule has 0 aliphatic rings. The van der Waals surface area contributed by atoms with Crippen LogP contribution in [0.4, 0.5) is 0 Å². The van der Waals surface area contributed by atoms with Crippen molar-refractivity contribution in [2.24, 2.45) is 0 Å². The zero-order chi connectivity index (χ0) is 16.2. The summed E-state index contributed by atoms with van der Waals surface area (Å²) >= 11 is 0. The lowest BCUT2D eigenvalue weighted by Gasteiger charge is -1.99. The predicted octanol–water partition coefficient (Wildman–Crippen LogP) is 6.68. The summed E-state index contributed by atoms with van der Waals surface area (Å²) in [7, 11) is 0. The van der Waals surface area contributed by atoms with Crippen LogP contribution in [0.1, 0.15) is 61.8 Å². The van der Waals surface area contributed by atoms with Crippen molar-refractivity contribution in [3.05, 3.63) is 70.8 Å². The van der Waals surface area contributed by atoms with Gasteiger partial charge in [-0.25, -0.2) is 0 Å². The minimum Gasteiger partial charge on any atom is -0.0654 e. The zero-order valence-corrected chi connectivity index (χ0v) is 14.9. The van der Waals surface area contributed by atoms with Crippen molar-refractivity contribution in [1.82, 2.24) is 0 Å². The molecule has 0 aliphatic carbocycles. The van der Waals surface area contributed by atoms with Gasteiger partial charge in [-0.2, -0.15) is 0 Å². The van der Waals surface area contributed by atoms with Crippen molar-refractivity contribution in [2.75, 3.05) is 0 Å². The molecular weight excluding hydrogens is 264 g/mol. The molecule has 22 heavy (non-hydrogen) atoms. The van der Waals surface area contributed by atoms with E-state index in [1.165, 1.54) is 60.8 Å². The maximum atomic E-state index is 2.27. The molecule has 0 heterocycles. The van der Waals surface area contributed by atoms with Gasteiger partial charge in [0, 0.05) is 0 Å². The van der Waals surface area contributed by atoms with E-state index in [4.69, 9.17) is 0 Å². The molecule has 2 aromatic carbocycles. The highest BCUT2D eigenvalue weighted by molar-refractivity contribution is 5.22. The molecule has 0 heteroatoms. The van der Waals surface area contributed by atoms with E-state index in [1.807, 2.05) is 0 Å². The number of hydrogen-bond acceptors (Lipinski definition) is 0. The van der Waals surface area contributed by atoms with Crippen LogP contribution in [-0.4, -0.2) is 0 Å². The number of rotatable bonds is 6. The van der Waals surface area contributed by atoms with E-state index in [2.05, 4.69) is 76.2 Å². The van der Waals surface area contributed by atoms with Crippen molar-refractivity contribution >= 4 is 0 Å². The first-order chi connectivity index (χ1) is 10.7. The van der Waals surface area contributed by atoms with Crippen molar-refractivity contribution in [3.8, 4) is 0 Å². The molecule has 0 aromatic heterocycles. The molecule has 0 saturated heterocycles. The highest BCUT2D eigenvalue weighted by atomic mass is 14.0. The molecule has 120 valence electrons. The minimum atomic E-state index is 1.23. The fourth-order valence-electron chi connectivity index (χ4n) is 2.50. The van der Waals surface area contributed by atoms with Crippen LogP contribution in [0.5, 0.6) is 0 Å². The summed E-state index contributed by atoms with van der Waals surface area (Å²) in [5, 5.41) is 0. The zero-order valence-electron chi connectivity index (χ0n) is 14.9. The third-order valence-electron chi connectivity index (χ3n) is 3.80. The van der Waals surface area contributed by atoms with Gasteiger partial charge in [0.1, 0.15) is 0 Å². The number of unbranched alkanes of at least 4 members (excludes halogenated alkanes) is 2. The Hall–Kier alpha value is -1.56. The first-order valence-corrected chi connectivity index (χ1v) is 8.76. The summed E-state index contributed by atoms with van der Waals surface area (Å²) in [6.45, 7) is 8.76. The first-order valence-electron chi connectivity index (χ1n) is 8.76. The van der Waals surface area contributed by atoms with Crippen molar-refractivity contribution in [1.29, 1.82) is 0 Å².